The number of hydrogen-bond donors (Lipinski definition) is 0. The Morgan fingerprint density at radius 3 is 2.24 bits per heavy atom. The van der Waals surface area contributed by atoms with Crippen LogP contribution in [0.2, 0.25) is 0 Å². The smallest absolute Gasteiger partial charge is 0.294 e. The van der Waals surface area contributed by atoms with Crippen molar-refractivity contribution >= 4 is 23.2 Å². The van der Waals surface area contributed by atoms with Crippen molar-refractivity contribution in [2.45, 2.75) is 76.5 Å². The van der Waals surface area contributed by atoms with Crippen molar-refractivity contribution in [3.63, 3.8) is 0 Å². The number of likely N-dealkylation sites (N-methyl/N-ethyl adjacent to an activating group) is 2. The van der Waals surface area contributed by atoms with E-state index in [-0.39, 0.29) is 35.8 Å². The van der Waals surface area contributed by atoms with Crippen molar-refractivity contribution < 1.29 is 9.59 Å². The quantitative estimate of drug-likeness (QED) is 0.480. The van der Waals surface area contributed by atoms with E-state index in [1.54, 1.807) is 4.90 Å². The lowest BCUT2D eigenvalue weighted by atomic mass is 10.0. The zero-order valence-corrected chi connectivity index (χ0v) is 24.5. The van der Waals surface area contributed by atoms with E-state index >= 15 is 0 Å². The van der Waals surface area contributed by atoms with Gasteiger partial charge >= 0.3 is 0 Å². The van der Waals surface area contributed by atoms with E-state index in [2.05, 4.69) is 42.0 Å². The number of hydrogen-bond acceptors (Lipinski definition) is 6. The summed E-state index contributed by atoms with van der Waals surface area (Å²) in [5.74, 6) is 0.921. The number of aryl methyl sites for hydroxylation is 1. The molecule has 0 spiro atoms. The van der Waals surface area contributed by atoms with Crippen molar-refractivity contribution in [2.24, 2.45) is 0 Å². The standard InChI is InChI=1S/C32H39N7O2/c1-20-9-12-24(13-10-20)39-30(33-29(34-39)32(41)38-25-14-15-26(38)19-35(3)18-25)22-11-16-27-28(17-22)37(23-7-5-6-8-23)21(2)31(40)36(27)4/h9-13,16-17,21,23,25-26H,5-8,14-15,18-19H2,1-4H3/t21-,25?,26?/m1/s1. The lowest BCUT2D eigenvalue weighted by Crippen LogP contribution is -2.54. The molecule has 3 atom stereocenters. The first-order chi connectivity index (χ1) is 19.8. The van der Waals surface area contributed by atoms with Crippen molar-refractivity contribution in [1.82, 2.24) is 24.6 Å². The van der Waals surface area contributed by atoms with Crippen LogP contribution in [0, 0.1) is 6.92 Å². The molecular formula is C32H39N7O2. The predicted octanol–water partition coefficient (Wildman–Crippen LogP) is 4.28. The highest BCUT2D eigenvalue weighted by Crippen LogP contribution is 2.42. The van der Waals surface area contributed by atoms with Gasteiger partial charge in [0.2, 0.25) is 11.7 Å². The van der Waals surface area contributed by atoms with Crippen LogP contribution in [0.4, 0.5) is 11.4 Å². The first kappa shape index (κ1) is 26.2. The van der Waals surface area contributed by atoms with Gasteiger partial charge in [0.15, 0.2) is 5.82 Å². The maximum atomic E-state index is 13.9. The number of carbonyl (C=O) groups is 2. The summed E-state index contributed by atoms with van der Waals surface area (Å²) in [5, 5.41) is 4.85. The minimum Gasteiger partial charge on any atom is -0.355 e. The number of likely N-dealkylation sites (tertiary alicyclic amines) is 1. The van der Waals surface area contributed by atoms with Gasteiger partial charge in [0, 0.05) is 43.8 Å². The minimum absolute atomic E-state index is 0.0813. The molecule has 2 unspecified atom stereocenters. The molecule has 3 fully saturated rings. The monoisotopic (exact) mass is 553 g/mol. The fourth-order valence-corrected chi connectivity index (χ4v) is 7.59. The number of piperazine rings is 1. The predicted molar refractivity (Wildman–Crippen MR) is 160 cm³/mol. The molecule has 7 rings (SSSR count). The summed E-state index contributed by atoms with van der Waals surface area (Å²) >= 11 is 0. The van der Waals surface area contributed by atoms with Gasteiger partial charge in [-0.1, -0.05) is 30.5 Å². The fourth-order valence-electron chi connectivity index (χ4n) is 7.59. The van der Waals surface area contributed by atoms with Gasteiger partial charge in [-0.05, 0) is 76.9 Å². The van der Waals surface area contributed by atoms with Gasteiger partial charge in [-0.3, -0.25) is 9.59 Å². The molecule has 2 saturated heterocycles. The van der Waals surface area contributed by atoms with Crippen LogP contribution in [0.25, 0.3) is 17.1 Å². The molecule has 2 aromatic carbocycles. The third-order valence-electron chi connectivity index (χ3n) is 9.67. The molecule has 1 aromatic heterocycles. The van der Waals surface area contributed by atoms with Gasteiger partial charge in [-0.25, -0.2) is 9.67 Å². The summed E-state index contributed by atoms with van der Waals surface area (Å²) in [5.41, 5.74) is 4.87. The van der Waals surface area contributed by atoms with Gasteiger partial charge in [0.1, 0.15) is 6.04 Å². The largest absolute Gasteiger partial charge is 0.355 e. The Morgan fingerprint density at radius 1 is 0.878 bits per heavy atom. The molecule has 3 aliphatic heterocycles. The average Bonchev–Trinajstić information content (AvgIpc) is 3.71. The van der Waals surface area contributed by atoms with E-state index in [0.717, 1.165) is 67.0 Å². The fraction of sp³-hybridized carbons (Fsp3) is 0.500. The molecule has 2 bridgehead atoms. The number of aromatic nitrogens is 3. The lowest BCUT2D eigenvalue weighted by Gasteiger charge is -2.43. The second-order valence-corrected chi connectivity index (χ2v) is 12.4. The Balaban J connectivity index is 1.33. The van der Waals surface area contributed by atoms with Gasteiger partial charge in [-0.2, -0.15) is 0 Å². The van der Waals surface area contributed by atoms with Crippen molar-refractivity contribution in [3.8, 4) is 17.1 Å². The van der Waals surface area contributed by atoms with Crippen LogP contribution in [-0.4, -0.2) is 87.7 Å². The summed E-state index contributed by atoms with van der Waals surface area (Å²) in [7, 11) is 3.99. The molecule has 0 radical (unpaired) electrons. The highest BCUT2D eigenvalue weighted by molar-refractivity contribution is 6.05. The second kappa shape index (κ2) is 9.98. The highest BCUT2D eigenvalue weighted by atomic mass is 16.2. The van der Waals surface area contributed by atoms with Gasteiger partial charge in [0.25, 0.3) is 5.91 Å². The maximum absolute atomic E-state index is 13.9. The Morgan fingerprint density at radius 2 is 1.56 bits per heavy atom. The van der Waals surface area contributed by atoms with Crippen molar-refractivity contribution in [1.29, 1.82) is 0 Å². The molecule has 4 heterocycles. The SMILES string of the molecule is Cc1ccc(-n2nc(C(=O)N3C4CCC3CN(C)C4)nc2-c2ccc3c(c2)N(C2CCCC2)[C@H](C)C(=O)N3C)cc1. The average molecular weight is 554 g/mol. The number of amides is 2. The van der Waals surface area contributed by atoms with Crippen LogP contribution in [0.15, 0.2) is 42.5 Å². The molecule has 3 aromatic rings. The van der Waals surface area contributed by atoms with Crippen LogP contribution in [0.3, 0.4) is 0 Å². The number of fused-ring (bicyclic) bond motifs is 3. The number of rotatable bonds is 4. The van der Waals surface area contributed by atoms with E-state index in [1.807, 2.05) is 47.8 Å². The lowest BCUT2D eigenvalue weighted by molar-refractivity contribution is -0.119. The van der Waals surface area contributed by atoms with Crippen molar-refractivity contribution in [3.05, 3.63) is 53.9 Å². The zero-order valence-electron chi connectivity index (χ0n) is 24.5. The van der Waals surface area contributed by atoms with E-state index in [1.165, 1.54) is 12.8 Å². The molecule has 9 heteroatoms. The molecular weight excluding hydrogens is 514 g/mol. The van der Waals surface area contributed by atoms with Gasteiger partial charge in [-0.15, -0.1) is 5.10 Å². The van der Waals surface area contributed by atoms with Crippen LogP contribution < -0.4 is 9.80 Å². The Kier molecular flexibility index (Phi) is 6.37. The summed E-state index contributed by atoms with van der Waals surface area (Å²) < 4.78 is 1.81. The molecule has 41 heavy (non-hydrogen) atoms. The van der Waals surface area contributed by atoms with E-state index in [4.69, 9.17) is 10.1 Å². The summed E-state index contributed by atoms with van der Waals surface area (Å²) in [6, 6.07) is 14.9. The van der Waals surface area contributed by atoms with Crippen LogP contribution >= 0.6 is 0 Å². The van der Waals surface area contributed by atoms with Gasteiger partial charge < -0.3 is 19.6 Å². The third-order valence-corrected chi connectivity index (χ3v) is 9.67. The van der Waals surface area contributed by atoms with E-state index < -0.39 is 0 Å². The van der Waals surface area contributed by atoms with Crippen LogP contribution in [0.5, 0.6) is 0 Å². The normalized spacial score (nSPS) is 24.8. The zero-order chi connectivity index (χ0) is 28.4. The number of nitrogens with zero attached hydrogens (tertiary/aromatic N) is 7. The Bertz CT molecular complexity index is 1480. The molecule has 1 saturated carbocycles. The summed E-state index contributed by atoms with van der Waals surface area (Å²) in [4.78, 5) is 40.5. The molecule has 9 nitrogen and oxygen atoms in total. The Labute approximate surface area is 241 Å². The molecule has 1 aliphatic carbocycles. The number of benzene rings is 2. The number of anilines is 2. The summed E-state index contributed by atoms with van der Waals surface area (Å²) in [6.45, 7) is 5.85. The van der Waals surface area contributed by atoms with E-state index in [0.29, 0.717) is 11.9 Å². The highest BCUT2D eigenvalue weighted by Gasteiger charge is 2.43. The first-order valence-corrected chi connectivity index (χ1v) is 15.1. The summed E-state index contributed by atoms with van der Waals surface area (Å²) in [6.07, 6.45) is 6.62. The minimum atomic E-state index is -0.231. The van der Waals surface area contributed by atoms with Gasteiger partial charge in [0.05, 0.1) is 17.1 Å². The molecule has 0 N–H and O–H groups in total. The van der Waals surface area contributed by atoms with Crippen molar-refractivity contribution in [2.75, 3.05) is 37.0 Å². The number of carbonyl (C=O) groups excluding carboxylic acids is 2. The van der Waals surface area contributed by atoms with E-state index in [9.17, 15) is 9.59 Å². The molecule has 214 valence electrons. The first-order valence-electron chi connectivity index (χ1n) is 15.1. The second-order valence-electron chi connectivity index (χ2n) is 12.4. The maximum Gasteiger partial charge on any atom is 0.294 e. The Hall–Kier alpha value is -3.72. The molecule has 2 amide bonds. The van der Waals surface area contributed by atoms with Crippen LogP contribution in [-0.2, 0) is 4.79 Å². The molecule has 4 aliphatic rings. The third kappa shape index (κ3) is 4.33. The van der Waals surface area contributed by atoms with Crippen LogP contribution in [0.1, 0.15) is 61.6 Å². The topological polar surface area (TPSA) is 77.8 Å².